The van der Waals surface area contributed by atoms with Crippen LogP contribution in [-0.4, -0.2) is 15.1 Å². The van der Waals surface area contributed by atoms with Gasteiger partial charge in [0.05, 0.1) is 11.7 Å². The SMILES string of the molecule is Cn1c(C(=O)[O-])cc(=O)n(C)c1=O. The van der Waals surface area contributed by atoms with Gasteiger partial charge in [0.15, 0.2) is 0 Å². The third-order valence-corrected chi connectivity index (χ3v) is 1.74. The normalized spacial score (nSPS) is 10.0. The van der Waals surface area contributed by atoms with Crippen molar-refractivity contribution in [3.63, 3.8) is 0 Å². The van der Waals surface area contributed by atoms with E-state index in [1.807, 2.05) is 0 Å². The van der Waals surface area contributed by atoms with Gasteiger partial charge in [-0.3, -0.25) is 13.9 Å². The Balaban J connectivity index is 3.70. The number of aromatic nitrogens is 2. The van der Waals surface area contributed by atoms with Crippen LogP contribution in [0.2, 0.25) is 0 Å². The van der Waals surface area contributed by atoms with Crippen LogP contribution in [0, 0.1) is 0 Å². The standard InChI is InChI=1S/C7H8N2O4/c1-8-4(6(11)12)3-5(10)9(2)7(8)13/h3H,1-2H3,(H,11,12)/p-1. The first kappa shape index (κ1) is 9.24. The topological polar surface area (TPSA) is 84.1 Å². The van der Waals surface area contributed by atoms with Gasteiger partial charge in [-0.2, -0.15) is 0 Å². The van der Waals surface area contributed by atoms with E-state index < -0.39 is 22.9 Å². The quantitative estimate of drug-likeness (QED) is 0.479. The van der Waals surface area contributed by atoms with Crippen molar-refractivity contribution in [1.82, 2.24) is 9.13 Å². The molecule has 0 amide bonds. The Bertz CT molecular complexity index is 468. The zero-order chi connectivity index (χ0) is 10.2. The van der Waals surface area contributed by atoms with Crippen LogP contribution < -0.4 is 16.4 Å². The Labute approximate surface area is 72.7 Å². The average molecular weight is 183 g/mol. The molecule has 0 unspecified atom stereocenters. The van der Waals surface area contributed by atoms with Crippen molar-refractivity contribution in [3.8, 4) is 0 Å². The van der Waals surface area contributed by atoms with Gasteiger partial charge in [0, 0.05) is 20.2 Å². The number of carboxylic acids is 1. The fraction of sp³-hybridized carbons (Fsp3) is 0.286. The fourth-order valence-corrected chi connectivity index (χ4v) is 0.929. The number of carboxylic acid groups (broad SMARTS) is 1. The maximum atomic E-state index is 11.1. The van der Waals surface area contributed by atoms with Gasteiger partial charge >= 0.3 is 5.69 Å². The summed E-state index contributed by atoms with van der Waals surface area (Å²) in [4.78, 5) is 32.5. The first-order valence-corrected chi connectivity index (χ1v) is 3.43. The molecule has 0 radical (unpaired) electrons. The lowest BCUT2D eigenvalue weighted by atomic mass is 10.4. The zero-order valence-electron chi connectivity index (χ0n) is 7.10. The van der Waals surface area contributed by atoms with E-state index in [-0.39, 0.29) is 0 Å². The minimum atomic E-state index is -1.54. The van der Waals surface area contributed by atoms with Crippen LogP contribution in [-0.2, 0) is 14.1 Å². The molecule has 1 rings (SSSR count). The maximum absolute atomic E-state index is 11.1. The lowest BCUT2D eigenvalue weighted by Crippen LogP contribution is -2.41. The highest BCUT2D eigenvalue weighted by Crippen LogP contribution is 1.86. The predicted octanol–water partition coefficient (Wildman–Crippen LogP) is -2.55. The van der Waals surface area contributed by atoms with E-state index in [1.165, 1.54) is 14.1 Å². The van der Waals surface area contributed by atoms with Crippen molar-refractivity contribution in [2.24, 2.45) is 14.1 Å². The van der Waals surface area contributed by atoms with E-state index in [0.717, 1.165) is 15.2 Å². The highest BCUT2D eigenvalue weighted by molar-refractivity contribution is 5.83. The zero-order valence-corrected chi connectivity index (χ0v) is 7.10. The Morgan fingerprint density at radius 3 is 2.31 bits per heavy atom. The third kappa shape index (κ3) is 1.37. The van der Waals surface area contributed by atoms with E-state index in [9.17, 15) is 19.5 Å². The van der Waals surface area contributed by atoms with E-state index in [0.29, 0.717) is 0 Å². The molecule has 0 aromatic carbocycles. The number of rotatable bonds is 1. The summed E-state index contributed by atoms with van der Waals surface area (Å²) in [7, 11) is 2.52. The van der Waals surface area contributed by atoms with Gasteiger partial charge in [0.2, 0.25) is 0 Å². The highest BCUT2D eigenvalue weighted by Gasteiger charge is 2.05. The predicted molar refractivity (Wildman–Crippen MR) is 41.3 cm³/mol. The van der Waals surface area contributed by atoms with Gasteiger partial charge in [-0.15, -0.1) is 0 Å². The molecular formula is C7H7N2O4-. The molecule has 0 aliphatic carbocycles. The average Bonchev–Trinajstić information content (AvgIpc) is 2.07. The minimum Gasteiger partial charge on any atom is -0.543 e. The number of hydrogen-bond donors (Lipinski definition) is 0. The summed E-state index contributed by atoms with van der Waals surface area (Å²) in [5.41, 5.74) is -1.78. The molecule has 0 N–H and O–H groups in total. The number of carbonyl (C=O) groups excluding carboxylic acids is 1. The van der Waals surface area contributed by atoms with Crippen molar-refractivity contribution in [1.29, 1.82) is 0 Å². The van der Waals surface area contributed by atoms with Crippen LogP contribution in [0.4, 0.5) is 0 Å². The summed E-state index contributed by atoms with van der Waals surface area (Å²) < 4.78 is 1.66. The Morgan fingerprint density at radius 2 is 1.85 bits per heavy atom. The van der Waals surface area contributed by atoms with Crippen molar-refractivity contribution < 1.29 is 9.90 Å². The second-order valence-corrected chi connectivity index (χ2v) is 2.56. The fourth-order valence-electron chi connectivity index (χ4n) is 0.929. The molecular weight excluding hydrogens is 176 g/mol. The van der Waals surface area contributed by atoms with Crippen LogP contribution in [0.5, 0.6) is 0 Å². The monoisotopic (exact) mass is 183 g/mol. The molecule has 0 bridgehead atoms. The van der Waals surface area contributed by atoms with E-state index in [4.69, 9.17) is 0 Å². The molecule has 13 heavy (non-hydrogen) atoms. The lowest BCUT2D eigenvalue weighted by molar-refractivity contribution is -0.255. The molecule has 0 spiro atoms. The third-order valence-electron chi connectivity index (χ3n) is 1.74. The van der Waals surface area contributed by atoms with Crippen LogP contribution in [0.1, 0.15) is 10.5 Å². The molecule has 6 nitrogen and oxygen atoms in total. The summed E-state index contributed by atoms with van der Waals surface area (Å²) >= 11 is 0. The second kappa shape index (κ2) is 2.89. The van der Waals surface area contributed by atoms with Crippen LogP contribution in [0.25, 0.3) is 0 Å². The smallest absolute Gasteiger partial charge is 0.330 e. The molecule has 0 aliphatic heterocycles. The molecule has 0 saturated heterocycles. The van der Waals surface area contributed by atoms with Gasteiger partial charge in [-0.25, -0.2) is 4.79 Å². The Kier molecular flexibility index (Phi) is 2.05. The van der Waals surface area contributed by atoms with Crippen LogP contribution >= 0.6 is 0 Å². The largest absolute Gasteiger partial charge is 0.543 e. The second-order valence-electron chi connectivity index (χ2n) is 2.56. The van der Waals surface area contributed by atoms with Gasteiger partial charge in [0.25, 0.3) is 5.56 Å². The summed E-state index contributed by atoms with van der Waals surface area (Å²) in [5.74, 6) is -1.54. The Morgan fingerprint density at radius 1 is 1.31 bits per heavy atom. The summed E-state index contributed by atoms with van der Waals surface area (Å²) in [6.07, 6.45) is 0. The first-order chi connectivity index (χ1) is 5.95. The number of aromatic carboxylic acids is 1. The lowest BCUT2D eigenvalue weighted by Gasteiger charge is -2.08. The summed E-state index contributed by atoms with van der Waals surface area (Å²) in [6.45, 7) is 0. The summed E-state index contributed by atoms with van der Waals surface area (Å²) in [5, 5.41) is 10.4. The molecule has 70 valence electrons. The molecule has 1 aromatic rings. The van der Waals surface area contributed by atoms with Crippen LogP contribution in [0.15, 0.2) is 15.7 Å². The van der Waals surface area contributed by atoms with Crippen molar-refractivity contribution >= 4 is 5.97 Å². The van der Waals surface area contributed by atoms with Crippen LogP contribution in [0.3, 0.4) is 0 Å². The summed E-state index contributed by atoms with van der Waals surface area (Å²) in [6, 6.07) is 0.844. The number of carbonyl (C=O) groups is 1. The molecule has 0 aliphatic rings. The van der Waals surface area contributed by atoms with E-state index >= 15 is 0 Å². The van der Waals surface area contributed by atoms with Gasteiger partial charge in [0.1, 0.15) is 0 Å². The van der Waals surface area contributed by atoms with Crippen molar-refractivity contribution in [2.75, 3.05) is 0 Å². The van der Waals surface area contributed by atoms with E-state index in [1.54, 1.807) is 0 Å². The molecule has 0 fully saturated rings. The maximum Gasteiger partial charge on any atom is 0.330 e. The minimum absolute atomic E-state index is 0.423. The van der Waals surface area contributed by atoms with Crippen molar-refractivity contribution in [2.45, 2.75) is 0 Å². The number of nitrogens with zero attached hydrogens (tertiary/aromatic N) is 2. The highest BCUT2D eigenvalue weighted by atomic mass is 16.4. The Hall–Kier alpha value is -1.85. The molecule has 0 saturated carbocycles. The van der Waals surface area contributed by atoms with Gasteiger partial charge < -0.3 is 9.90 Å². The van der Waals surface area contributed by atoms with Gasteiger partial charge in [-0.05, 0) is 0 Å². The molecule has 1 aromatic heterocycles. The molecule has 1 heterocycles. The van der Waals surface area contributed by atoms with Crippen molar-refractivity contribution in [3.05, 3.63) is 32.6 Å². The number of hydrogen-bond acceptors (Lipinski definition) is 4. The van der Waals surface area contributed by atoms with Gasteiger partial charge in [-0.1, -0.05) is 0 Å². The van der Waals surface area contributed by atoms with E-state index in [2.05, 4.69) is 0 Å². The molecule has 6 heteroatoms. The first-order valence-electron chi connectivity index (χ1n) is 3.43. The molecule has 0 atom stereocenters.